The van der Waals surface area contributed by atoms with E-state index >= 15 is 0 Å². The van der Waals surface area contributed by atoms with Gasteiger partial charge in [0.2, 0.25) is 0 Å². The molecule has 402 valence electrons. The number of fused-ring (bicyclic) bond motifs is 13. The van der Waals surface area contributed by atoms with Crippen molar-refractivity contribution in [1.82, 2.24) is 33.7 Å². The molecule has 0 amide bonds. The van der Waals surface area contributed by atoms with Crippen molar-refractivity contribution in [3.63, 3.8) is 0 Å². The van der Waals surface area contributed by atoms with Crippen LogP contribution in [0.4, 0.5) is 0 Å². The quantitative estimate of drug-likeness (QED) is 0.112. The number of hydrogen-bond acceptors (Lipinski definition) is 5. The zero-order valence-electron chi connectivity index (χ0n) is 46.9. The molecule has 0 spiro atoms. The maximum absolute atomic E-state index is 5.18. The minimum atomic E-state index is 0. The third-order valence-electron chi connectivity index (χ3n) is 16.8. The summed E-state index contributed by atoms with van der Waals surface area (Å²) in [4.78, 5) is 25.0. The topological polar surface area (TPSA) is 73.3 Å². The SMILES string of the molecule is Cc1nc(C)n2c3cccnc3c3[c-]cc(-c4ccccc4-c4cc(-c5ccccc5-c5c[c-]c(-c6cc(-c7ccccc7)c7ccccc7n6)cc5)cc(-c5ccccc5-c5c[c-]c6c(c5)c5c(C)nc(C)n5c5cccnc65)c4)cc3c12.[Ir+3]. The van der Waals surface area contributed by atoms with E-state index in [1.807, 2.05) is 24.5 Å². The maximum atomic E-state index is 5.18. The monoisotopic (exact) mass is 1270 g/mol. The van der Waals surface area contributed by atoms with Crippen molar-refractivity contribution in [3.05, 3.63) is 272 Å². The van der Waals surface area contributed by atoms with E-state index in [9.17, 15) is 0 Å². The van der Waals surface area contributed by atoms with Crippen LogP contribution in [0.25, 0.3) is 155 Å². The van der Waals surface area contributed by atoms with Gasteiger partial charge in [-0.3, -0.25) is 4.98 Å². The van der Waals surface area contributed by atoms with E-state index in [0.717, 1.165) is 178 Å². The summed E-state index contributed by atoms with van der Waals surface area (Å²) in [6, 6.07) is 89.3. The summed E-state index contributed by atoms with van der Waals surface area (Å²) in [5.41, 5.74) is 26.0. The zero-order chi connectivity index (χ0) is 56.2. The first-order chi connectivity index (χ1) is 41.3. The first-order valence-corrected chi connectivity index (χ1v) is 28.4. The molecule has 0 saturated heterocycles. The van der Waals surface area contributed by atoms with Crippen molar-refractivity contribution in [1.29, 1.82) is 0 Å². The minimum absolute atomic E-state index is 0. The van der Waals surface area contributed by atoms with Crippen molar-refractivity contribution in [2.75, 3.05) is 0 Å². The Hall–Kier alpha value is -10.2. The number of benzene rings is 9. The predicted molar refractivity (Wildman–Crippen MR) is 344 cm³/mol. The fourth-order valence-electron chi connectivity index (χ4n) is 13.1. The average molecular weight is 1270 g/mol. The number of nitrogens with zero attached hydrogens (tertiary/aromatic N) is 7. The van der Waals surface area contributed by atoms with Crippen molar-refractivity contribution < 1.29 is 20.1 Å². The van der Waals surface area contributed by atoms with Gasteiger partial charge in [-0.1, -0.05) is 172 Å². The van der Waals surface area contributed by atoms with Crippen LogP contribution >= 0.6 is 0 Å². The molecule has 0 saturated carbocycles. The summed E-state index contributed by atoms with van der Waals surface area (Å²) in [6.07, 6.45) is 3.72. The molecule has 0 aliphatic heterocycles. The molecule has 8 heteroatoms. The largest absolute Gasteiger partial charge is 3.00 e. The molecule has 0 radical (unpaired) electrons. The zero-order valence-corrected chi connectivity index (χ0v) is 49.3. The second kappa shape index (κ2) is 20.6. The number of pyridine rings is 5. The summed E-state index contributed by atoms with van der Waals surface area (Å²) < 4.78 is 4.49. The van der Waals surface area contributed by atoms with Crippen LogP contribution < -0.4 is 0 Å². The van der Waals surface area contributed by atoms with Crippen LogP contribution in [0.1, 0.15) is 23.0 Å². The molecule has 0 N–H and O–H groups in total. The molecule has 7 aromatic heterocycles. The smallest absolute Gasteiger partial charge is 0.312 e. The van der Waals surface area contributed by atoms with Crippen molar-refractivity contribution in [3.8, 4) is 89.1 Å². The van der Waals surface area contributed by atoms with Gasteiger partial charge >= 0.3 is 20.1 Å². The summed E-state index contributed by atoms with van der Waals surface area (Å²) in [7, 11) is 0. The summed E-state index contributed by atoms with van der Waals surface area (Å²) >= 11 is 0. The van der Waals surface area contributed by atoms with Crippen LogP contribution in [-0.4, -0.2) is 33.7 Å². The number of rotatable bonds is 8. The van der Waals surface area contributed by atoms with Gasteiger partial charge in [0, 0.05) is 50.9 Å². The van der Waals surface area contributed by atoms with Gasteiger partial charge in [-0.05, 0) is 126 Å². The van der Waals surface area contributed by atoms with Crippen molar-refractivity contribution >= 4 is 65.5 Å². The van der Waals surface area contributed by atoms with Crippen LogP contribution in [0.15, 0.2) is 231 Å². The van der Waals surface area contributed by atoms with Crippen LogP contribution in [0.5, 0.6) is 0 Å². The van der Waals surface area contributed by atoms with Gasteiger partial charge < -0.3 is 18.8 Å². The fraction of sp³-hybridized carbons (Fsp3) is 0.0519. The van der Waals surface area contributed by atoms with E-state index in [4.69, 9.17) is 24.9 Å². The average Bonchev–Trinajstić information content (AvgIpc) is 3.36. The van der Waals surface area contributed by atoms with Gasteiger partial charge in [0.25, 0.3) is 0 Å². The second-order valence-electron chi connectivity index (χ2n) is 21.8. The van der Waals surface area contributed by atoms with Crippen molar-refractivity contribution in [2.24, 2.45) is 0 Å². The fourth-order valence-corrected chi connectivity index (χ4v) is 13.1. The molecule has 7 heterocycles. The molecule has 0 bridgehead atoms. The normalized spacial score (nSPS) is 11.7. The molecule has 0 aliphatic rings. The first kappa shape index (κ1) is 51.6. The Morgan fingerprint density at radius 3 is 1.28 bits per heavy atom. The van der Waals surface area contributed by atoms with Crippen molar-refractivity contribution in [2.45, 2.75) is 27.7 Å². The van der Waals surface area contributed by atoms with E-state index in [0.29, 0.717) is 0 Å². The maximum Gasteiger partial charge on any atom is 3.00 e. The van der Waals surface area contributed by atoms with E-state index in [2.05, 4.69) is 261 Å². The molecule has 0 fully saturated rings. The van der Waals surface area contributed by atoms with Gasteiger partial charge in [-0.2, -0.15) is 0 Å². The van der Waals surface area contributed by atoms with Crippen LogP contribution in [0, 0.1) is 45.9 Å². The van der Waals surface area contributed by atoms with Gasteiger partial charge in [0.1, 0.15) is 11.6 Å². The van der Waals surface area contributed by atoms with Crippen LogP contribution in [-0.2, 0) is 20.1 Å². The number of para-hydroxylation sites is 1. The number of hydrogen-bond donors (Lipinski definition) is 0. The Balaban J connectivity index is 0.00000613. The number of aryl methyl sites for hydroxylation is 4. The molecule has 0 aliphatic carbocycles. The Morgan fingerprint density at radius 1 is 0.341 bits per heavy atom. The molecular formula is C77H50IrN7. The van der Waals surface area contributed by atoms with E-state index in [1.165, 1.54) is 0 Å². The van der Waals surface area contributed by atoms with Gasteiger partial charge in [0.15, 0.2) is 0 Å². The Bertz CT molecular complexity index is 5140. The standard InChI is InChI=1S/C77H50N7.Ir/c1-46-76-68-43-53(34-36-65(68)74-72(28-16-38-78-74)83(76)48(3)80-46)59-21-9-12-24-62(59)56-40-55(61-23-11-8-20-58(61)51-30-32-52(33-31-51)71-45-67(50-18-6-5-7-19-50)64-26-14-15-27-70(64)82-71)41-57(42-56)63-25-13-10-22-60(63)54-35-37-66-69(44-54)77-47(2)81-49(4)84(77)73-29-17-39-79-75(66)73;/h5-32,34-35,38-45H,1-4H3;/q-3;+3. The summed E-state index contributed by atoms with van der Waals surface area (Å²) in [5.74, 6) is 1.86. The number of aromatic nitrogens is 7. The van der Waals surface area contributed by atoms with Crippen LogP contribution in [0.3, 0.4) is 0 Å². The molecule has 0 atom stereocenters. The minimum Gasteiger partial charge on any atom is -0.312 e. The predicted octanol–water partition coefficient (Wildman–Crippen LogP) is 18.9. The Labute approximate surface area is 505 Å². The Morgan fingerprint density at radius 2 is 0.788 bits per heavy atom. The van der Waals surface area contributed by atoms with E-state index < -0.39 is 0 Å². The summed E-state index contributed by atoms with van der Waals surface area (Å²) in [6.45, 7) is 8.33. The van der Waals surface area contributed by atoms with Crippen LogP contribution in [0.2, 0.25) is 0 Å². The first-order valence-electron chi connectivity index (χ1n) is 28.4. The van der Waals surface area contributed by atoms with E-state index in [1.54, 1.807) is 0 Å². The van der Waals surface area contributed by atoms with Gasteiger partial charge in [0.05, 0.1) is 16.9 Å². The molecule has 9 aromatic carbocycles. The number of imidazole rings is 2. The molecule has 0 unspecified atom stereocenters. The molecule has 16 aromatic rings. The second-order valence-corrected chi connectivity index (χ2v) is 21.8. The molecule has 16 rings (SSSR count). The third-order valence-corrected chi connectivity index (χ3v) is 16.8. The molecular weight excluding hydrogens is 1220 g/mol. The Kier molecular flexibility index (Phi) is 12.5. The third kappa shape index (κ3) is 8.47. The molecule has 7 nitrogen and oxygen atoms in total. The summed E-state index contributed by atoms with van der Waals surface area (Å²) in [5, 5.41) is 5.20. The van der Waals surface area contributed by atoms with E-state index in [-0.39, 0.29) is 20.1 Å². The van der Waals surface area contributed by atoms with Gasteiger partial charge in [-0.15, -0.1) is 77.0 Å². The molecule has 85 heavy (non-hydrogen) atoms. The van der Waals surface area contributed by atoms with Gasteiger partial charge in [-0.25, -0.2) is 9.97 Å².